The van der Waals surface area contributed by atoms with E-state index in [0.29, 0.717) is 0 Å². The van der Waals surface area contributed by atoms with E-state index in [-0.39, 0.29) is 12.1 Å². The molecule has 20 heavy (non-hydrogen) atoms. The summed E-state index contributed by atoms with van der Waals surface area (Å²) in [5.41, 5.74) is 6.35. The molecule has 0 saturated heterocycles. The number of thiophene rings is 1. The van der Waals surface area contributed by atoms with Crippen molar-refractivity contribution in [1.29, 1.82) is 0 Å². The molecule has 2 aromatic heterocycles. The lowest BCUT2D eigenvalue weighted by Crippen LogP contribution is -2.38. The maximum absolute atomic E-state index is 6.35. The van der Waals surface area contributed by atoms with Gasteiger partial charge in [0.1, 0.15) is 5.82 Å². The largest absolute Gasteiger partial charge is 0.337 e. The Morgan fingerprint density at radius 2 is 2.30 bits per heavy atom. The lowest BCUT2D eigenvalue weighted by Gasteiger charge is -2.31. The van der Waals surface area contributed by atoms with Crippen molar-refractivity contribution in [2.24, 2.45) is 12.8 Å². The van der Waals surface area contributed by atoms with Crippen LogP contribution in [0.4, 0.5) is 0 Å². The van der Waals surface area contributed by atoms with Gasteiger partial charge in [-0.05, 0) is 35.5 Å². The van der Waals surface area contributed by atoms with Crippen LogP contribution in [0.25, 0.3) is 0 Å². The van der Waals surface area contributed by atoms with Gasteiger partial charge in [-0.25, -0.2) is 4.98 Å². The average molecular weight is 357 g/mol. The lowest BCUT2D eigenvalue weighted by molar-refractivity contribution is 0.199. The fourth-order valence-corrected chi connectivity index (χ4v) is 4.02. The highest BCUT2D eigenvalue weighted by molar-refractivity contribution is 9.10. The van der Waals surface area contributed by atoms with Crippen molar-refractivity contribution >= 4 is 27.3 Å². The molecule has 6 heteroatoms. The van der Waals surface area contributed by atoms with E-state index in [4.69, 9.17) is 5.73 Å². The molecule has 2 atom stereocenters. The quantitative estimate of drug-likeness (QED) is 0.864. The molecule has 2 aromatic rings. The lowest BCUT2D eigenvalue weighted by atomic mass is 10.0. The fraction of sp³-hybridized carbons (Fsp3) is 0.500. The minimum atomic E-state index is 0.116. The van der Waals surface area contributed by atoms with Crippen LogP contribution in [0.5, 0.6) is 0 Å². The summed E-state index contributed by atoms with van der Waals surface area (Å²) in [6, 6.07) is 2.50. The Balaban J connectivity index is 2.20. The van der Waals surface area contributed by atoms with Crippen molar-refractivity contribution in [3.05, 3.63) is 39.0 Å². The summed E-state index contributed by atoms with van der Waals surface area (Å²) in [4.78, 5) is 7.98. The fourth-order valence-electron chi connectivity index (χ4n) is 2.33. The van der Waals surface area contributed by atoms with Crippen LogP contribution in [0.3, 0.4) is 0 Å². The van der Waals surface area contributed by atoms with Crippen molar-refractivity contribution in [2.75, 3.05) is 7.05 Å². The van der Waals surface area contributed by atoms with Gasteiger partial charge in [-0.3, -0.25) is 4.90 Å². The van der Waals surface area contributed by atoms with Crippen LogP contribution in [-0.2, 0) is 13.6 Å². The second-order valence-electron chi connectivity index (χ2n) is 5.05. The molecule has 2 rings (SSSR count). The normalized spacial score (nSPS) is 14.7. The SMILES string of the molecule is CCC(N)C(c1cc(Br)cs1)N(C)Cc1nccn1C. The van der Waals surface area contributed by atoms with Gasteiger partial charge >= 0.3 is 0 Å². The molecule has 0 radical (unpaired) electrons. The van der Waals surface area contributed by atoms with Crippen molar-refractivity contribution in [3.8, 4) is 0 Å². The Morgan fingerprint density at radius 1 is 1.55 bits per heavy atom. The number of aromatic nitrogens is 2. The minimum absolute atomic E-state index is 0.116. The monoisotopic (exact) mass is 356 g/mol. The third kappa shape index (κ3) is 3.49. The van der Waals surface area contributed by atoms with Gasteiger partial charge in [-0.15, -0.1) is 11.3 Å². The van der Waals surface area contributed by atoms with Gasteiger partial charge in [0.05, 0.1) is 12.6 Å². The summed E-state index contributed by atoms with van der Waals surface area (Å²) in [6.45, 7) is 2.92. The van der Waals surface area contributed by atoms with Crippen molar-refractivity contribution in [3.63, 3.8) is 0 Å². The molecule has 0 aliphatic rings. The van der Waals surface area contributed by atoms with Gasteiger partial charge in [-0.2, -0.15) is 0 Å². The van der Waals surface area contributed by atoms with Crippen LogP contribution >= 0.6 is 27.3 Å². The van der Waals surface area contributed by atoms with Gasteiger partial charge in [0, 0.05) is 40.2 Å². The van der Waals surface area contributed by atoms with Crippen LogP contribution in [-0.4, -0.2) is 27.5 Å². The molecule has 2 N–H and O–H groups in total. The van der Waals surface area contributed by atoms with Crippen LogP contribution in [0.1, 0.15) is 30.1 Å². The number of likely N-dealkylation sites (N-methyl/N-ethyl adjacent to an activating group) is 1. The molecule has 0 amide bonds. The summed E-state index contributed by atoms with van der Waals surface area (Å²) >= 11 is 5.28. The number of halogens is 1. The van der Waals surface area contributed by atoms with Gasteiger partial charge in [0.25, 0.3) is 0 Å². The first-order valence-corrected chi connectivity index (χ1v) is 8.36. The molecular weight excluding hydrogens is 336 g/mol. The van der Waals surface area contributed by atoms with E-state index in [9.17, 15) is 0 Å². The van der Waals surface area contributed by atoms with E-state index in [0.717, 1.165) is 23.3 Å². The van der Waals surface area contributed by atoms with E-state index in [1.165, 1.54) is 4.88 Å². The highest BCUT2D eigenvalue weighted by Gasteiger charge is 2.25. The number of imidazole rings is 1. The Kier molecular flexibility index (Phi) is 5.37. The van der Waals surface area contributed by atoms with Crippen LogP contribution < -0.4 is 5.73 Å². The van der Waals surface area contributed by atoms with Crippen LogP contribution in [0, 0.1) is 0 Å². The summed E-state index contributed by atoms with van der Waals surface area (Å²) in [6.07, 6.45) is 4.75. The number of hydrogen-bond donors (Lipinski definition) is 1. The standard InChI is InChI=1S/C14H21BrN4S/c1-4-11(16)14(12-7-10(15)9-20-12)19(3)8-13-17-5-6-18(13)2/h5-7,9,11,14H,4,8,16H2,1-3H3. The second-order valence-corrected chi connectivity index (χ2v) is 6.91. The molecule has 0 saturated carbocycles. The first kappa shape index (κ1) is 15.7. The third-order valence-electron chi connectivity index (χ3n) is 3.54. The number of aryl methyl sites for hydroxylation is 1. The Bertz CT molecular complexity index is 551. The molecule has 0 spiro atoms. The van der Waals surface area contributed by atoms with Gasteiger partial charge < -0.3 is 10.3 Å². The molecule has 0 bridgehead atoms. The summed E-state index contributed by atoms with van der Waals surface area (Å²) in [7, 11) is 4.13. The van der Waals surface area contributed by atoms with E-state index in [1.54, 1.807) is 11.3 Å². The first-order valence-electron chi connectivity index (χ1n) is 6.68. The molecule has 2 unspecified atom stereocenters. The van der Waals surface area contributed by atoms with Gasteiger partial charge in [0.15, 0.2) is 0 Å². The maximum atomic E-state index is 6.35. The maximum Gasteiger partial charge on any atom is 0.122 e. The van der Waals surface area contributed by atoms with Gasteiger partial charge in [-0.1, -0.05) is 6.92 Å². The van der Waals surface area contributed by atoms with E-state index in [2.05, 4.69) is 55.8 Å². The highest BCUT2D eigenvalue weighted by atomic mass is 79.9. The Hall–Kier alpha value is -0.690. The zero-order valence-electron chi connectivity index (χ0n) is 12.1. The smallest absolute Gasteiger partial charge is 0.122 e. The highest BCUT2D eigenvalue weighted by Crippen LogP contribution is 2.32. The molecule has 0 aromatic carbocycles. The second kappa shape index (κ2) is 6.85. The first-order chi connectivity index (χ1) is 9.52. The molecule has 4 nitrogen and oxygen atoms in total. The number of hydrogen-bond acceptors (Lipinski definition) is 4. The molecule has 0 aliphatic heterocycles. The van der Waals surface area contributed by atoms with Crippen LogP contribution in [0.15, 0.2) is 28.3 Å². The Morgan fingerprint density at radius 3 is 2.80 bits per heavy atom. The summed E-state index contributed by atoms with van der Waals surface area (Å²) in [5.74, 6) is 1.05. The zero-order valence-corrected chi connectivity index (χ0v) is 14.5. The van der Waals surface area contributed by atoms with Gasteiger partial charge in [0.2, 0.25) is 0 Å². The van der Waals surface area contributed by atoms with Crippen molar-refractivity contribution in [2.45, 2.75) is 32.0 Å². The average Bonchev–Trinajstić information content (AvgIpc) is 2.99. The summed E-state index contributed by atoms with van der Waals surface area (Å²) < 4.78 is 3.17. The molecule has 110 valence electrons. The predicted molar refractivity (Wildman–Crippen MR) is 87.7 cm³/mol. The van der Waals surface area contributed by atoms with Crippen LogP contribution in [0.2, 0.25) is 0 Å². The molecule has 0 aliphatic carbocycles. The molecule has 2 heterocycles. The zero-order chi connectivity index (χ0) is 14.7. The van der Waals surface area contributed by atoms with Crippen molar-refractivity contribution < 1.29 is 0 Å². The Labute approximate surface area is 132 Å². The van der Waals surface area contributed by atoms with Crippen molar-refractivity contribution in [1.82, 2.24) is 14.5 Å². The molecular formula is C14H21BrN4S. The topological polar surface area (TPSA) is 47.1 Å². The number of nitrogens with two attached hydrogens (primary N) is 1. The van der Waals surface area contributed by atoms with E-state index in [1.807, 2.05) is 19.4 Å². The minimum Gasteiger partial charge on any atom is -0.337 e. The van der Waals surface area contributed by atoms with E-state index < -0.39 is 0 Å². The third-order valence-corrected chi connectivity index (χ3v) is 5.31. The summed E-state index contributed by atoms with van der Waals surface area (Å²) in [5, 5.41) is 2.11. The van der Waals surface area contributed by atoms with E-state index >= 15 is 0 Å². The number of rotatable bonds is 6. The predicted octanol–water partition coefficient (Wildman–Crippen LogP) is 3.15. The number of nitrogens with zero attached hydrogens (tertiary/aromatic N) is 3. The molecule has 0 fully saturated rings.